The lowest BCUT2D eigenvalue weighted by molar-refractivity contribution is 0.0951. The molecule has 0 spiro atoms. The van der Waals surface area contributed by atoms with E-state index >= 15 is 0 Å². The van der Waals surface area contributed by atoms with E-state index in [-0.39, 0.29) is 5.91 Å². The molecule has 122 valence electrons. The van der Waals surface area contributed by atoms with Crippen molar-refractivity contribution in [2.45, 2.75) is 19.7 Å². The Labute approximate surface area is 138 Å². The van der Waals surface area contributed by atoms with E-state index in [2.05, 4.69) is 34.5 Å². The van der Waals surface area contributed by atoms with Gasteiger partial charge in [0.2, 0.25) is 0 Å². The van der Waals surface area contributed by atoms with Gasteiger partial charge in [-0.3, -0.25) is 4.79 Å². The molecule has 4 heteroatoms. The monoisotopic (exact) mass is 312 g/mol. The van der Waals surface area contributed by atoms with E-state index in [1.165, 1.54) is 5.56 Å². The minimum absolute atomic E-state index is 0.0636. The van der Waals surface area contributed by atoms with Crippen molar-refractivity contribution < 1.29 is 9.53 Å². The van der Waals surface area contributed by atoms with Gasteiger partial charge in [-0.2, -0.15) is 0 Å². The lowest BCUT2D eigenvalue weighted by Gasteiger charge is -2.10. The fourth-order valence-electron chi connectivity index (χ4n) is 2.33. The molecule has 0 aliphatic carbocycles. The van der Waals surface area contributed by atoms with Crippen LogP contribution in [0.2, 0.25) is 0 Å². The van der Waals surface area contributed by atoms with Crippen molar-refractivity contribution in [2.24, 2.45) is 0 Å². The fraction of sp³-hybridized carbons (Fsp3) is 0.316. The zero-order valence-electron chi connectivity index (χ0n) is 14.0. The molecule has 1 N–H and O–H groups in total. The predicted octanol–water partition coefficient (Wildman–Crippen LogP) is 2.82. The van der Waals surface area contributed by atoms with Crippen molar-refractivity contribution >= 4 is 5.91 Å². The summed E-state index contributed by atoms with van der Waals surface area (Å²) >= 11 is 0. The third-order valence-electron chi connectivity index (χ3n) is 3.50. The normalized spacial score (nSPS) is 10.8. The van der Waals surface area contributed by atoms with Crippen LogP contribution in [-0.2, 0) is 24.4 Å². The molecule has 4 nitrogen and oxygen atoms in total. The second-order valence-corrected chi connectivity index (χ2v) is 5.87. The zero-order chi connectivity index (χ0) is 16.7. The first-order valence-electron chi connectivity index (χ1n) is 7.67. The molecule has 0 unspecified atom stereocenters. The largest absolute Gasteiger partial charge is 0.380 e. The van der Waals surface area contributed by atoms with Crippen LogP contribution in [0, 0.1) is 0 Å². The van der Waals surface area contributed by atoms with Crippen molar-refractivity contribution in [1.29, 1.82) is 0 Å². The molecule has 0 saturated heterocycles. The first-order chi connectivity index (χ1) is 11.1. The number of methoxy groups -OCH3 is 1. The Morgan fingerprint density at radius 1 is 0.957 bits per heavy atom. The Morgan fingerprint density at radius 3 is 2.09 bits per heavy atom. The van der Waals surface area contributed by atoms with Crippen molar-refractivity contribution in [3.63, 3.8) is 0 Å². The number of hydrogen-bond donors (Lipinski definition) is 1. The summed E-state index contributed by atoms with van der Waals surface area (Å²) in [6, 6.07) is 15.8. The Hall–Kier alpha value is -2.17. The number of carbonyl (C=O) groups is 1. The SMILES string of the molecule is COCc1ccc(C(=O)NCc2ccc(CN(C)C)cc2)cc1. The average molecular weight is 312 g/mol. The molecule has 0 atom stereocenters. The van der Waals surface area contributed by atoms with Gasteiger partial charge in [0.1, 0.15) is 0 Å². The summed E-state index contributed by atoms with van der Waals surface area (Å²) in [6.07, 6.45) is 0. The summed E-state index contributed by atoms with van der Waals surface area (Å²) in [4.78, 5) is 14.3. The highest BCUT2D eigenvalue weighted by Crippen LogP contribution is 2.08. The van der Waals surface area contributed by atoms with E-state index in [4.69, 9.17) is 4.74 Å². The molecule has 0 bridgehead atoms. The molecule has 0 aliphatic heterocycles. The summed E-state index contributed by atoms with van der Waals surface area (Å²) in [5.74, 6) is -0.0636. The van der Waals surface area contributed by atoms with Gasteiger partial charge in [-0.25, -0.2) is 0 Å². The van der Waals surface area contributed by atoms with E-state index in [9.17, 15) is 4.79 Å². The van der Waals surface area contributed by atoms with Crippen LogP contribution >= 0.6 is 0 Å². The number of ether oxygens (including phenoxy) is 1. The molecule has 0 heterocycles. The maximum absolute atomic E-state index is 12.2. The molecular formula is C19H24N2O2. The number of hydrogen-bond acceptors (Lipinski definition) is 3. The number of amides is 1. The van der Waals surface area contributed by atoms with Crippen LogP contribution in [0.5, 0.6) is 0 Å². The van der Waals surface area contributed by atoms with E-state index in [0.29, 0.717) is 18.7 Å². The first-order valence-corrected chi connectivity index (χ1v) is 7.67. The van der Waals surface area contributed by atoms with Crippen LogP contribution in [0.4, 0.5) is 0 Å². The van der Waals surface area contributed by atoms with Crippen molar-refractivity contribution in [3.05, 3.63) is 70.8 Å². The lowest BCUT2D eigenvalue weighted by Crippen LogP contribution is -2.22. The van der Waals surface area contributed by atoms with Gasteiger partial charge >= 0.3 is 0 Å². The minimum Gasteiger partial charge on any atom is -0.380 e. The zero-order valence-corrected chi connectivity index (χ0v) is 14.0. The molecule has 2 aromatic carbocycles. The van der Waals surface area contributed by atoms with Crippen LogP contribution in [0.25, 0.3) is 0 Å². The lowest BCUT2D eigenvalue weighted by atomic mass is 10.1. The standard InChI is InChI=1S/C19H24N2O2/c1-21(2)13-16-6-4-15(5-7-16)12-20-19(22)18-10-8-17(9-11-18)14-23-3/h4-11H,12-14H2,1-3H3,(H,20,22). The Balaban J connectivity index is 1.88. The van der Waals surface area contributed by atoms with E-state index in [0.717, 1.165) is 17.7 Å². The molecule has 0 fully saturated rings. The highest BCUT2D eigenvalue weighted by Gasteiger charge is 2.05. The van der Waals surface area contributed by atoms with Crippen molar-refractivity contribution in [1.82, 2.24) is 10.2 Å². The molecule has 0 aliphatic rings. The molecule has 2 rings (SSSR count). The molecule has 23 heavy (non-hydrogen) atoms. The molecule has 0 radical (unpaired) electrons. The Bertz CT molecular complexity index is 619. The topological polar surface area (TPSA) is 41.6 Å². The van der Waals surface area contributed by atoms with Crippen LogP contribution < -0.4 is 5.32 Å². The molecule has 2 aromatic rings. The van der Waals surface area contributed by atoms with Crippen LogP contribution in [0.15, 0.2) is 48.5 Å². The smallest absolute Gasteiger partial charge is 0.251 e. The van der Waals surface area contributed by atoms with Gasteiger partial charge < -0.3 is 15.0 Å². The minimum atomic E-state index is -0.0636. The quantitative estimate of drug-likeness (QED) is 0.855. The van der Waals surface area contributed by atoms with E-state index in [1.54, 1.807) is 7.11 Å². The number of carbonyl (C=O) groups excluding carboxylic acids is 1. The summed E-state index contributed by atoms with van der Waals surface area (Å²) in [5, 5.41) is 2.95. The second kappa shape index (κ2) is 8.46. The number of nitrogens with zero attached hydrogens (tertiary/aromatic N) is 1. The highest BCUT2D eigenvalue weighted by atomic mass is 16.5. The van der Waals surface area contributed by atoms with Crippen LogP contribution in [-0.4, -0.2) is 32.0 Å². The summed E-state index contributed by atoms with van der Waals surface area (Å²) in [6.45, 7) is 2.00. The van der Waals surface area contributed by atoms with Crippen LogP contribution in [0.1, 0.15) is 27.0 Å². The van der Waals surface area contributed by atoms with Crippen molar-refractivity contribution in [2.75, 3.05) is 21.2 Å². The molecule has 0 saturated carbocycles. The van der Waals surface area contributed by atoms with Gasteiger partial charge in [0, 0.05) is 25.8 Å². The number of nitrogens with one attached hydrogen (secondary N) is 1. The van der Waals surface area contributed by atoms with Gasteiger partial charge in [0.25, 0.3) is 5.91 Å². The summed E-state index contributed by atoms with van der Waals surface area (Å²) < 4.78 is 5.06. The van der Waals surface area contributed by atoms with Gasteiger partial charge in [-0.05, 0) is 42.9 Å². The van der Waals surface area contributed by atoms with Crippen LogP contribution in [0.3, 0.4) is 0 Å². The second-order valence-electron chi connectivity index (χ2n) is 5.87. The average Bonchev–Trinajstić information content (AvgIpc) is 2.54. The summed E-state index contributed by atoms with van der Waals surface area (Å²) in [5.41, 5.74) is 4.07. The molecule has 0 aromatic heterocycles. The van der Waals surface area contributed by atoms with Gasteiger partial charge in [0.05, 0.1) is 6.61 Å². The van der Waals surface area contributed by atoms with Gasteiger partial charge in [0.15, 0.2) is 0 Å². The van der Waals surface area contributed by atoms with Gasteiger partial charge in [-0.1, -0.05) is 36.4 Å². The summed E-state index contributed by atoms with van der Waals surface area (Å²) in [7, 11) is 5.75. The maximum Gasteiger partial charge on any atom is 0.251 e. The first kappa shape index (κ1) is 17.2. The highest BCUT2D eigenvalue weighted by molar-refractivity contribution is 5.94. The maximum atomic E-state index is 12.2. The Morgan fingerprint density at radius 2 is 1.52 bits per heavy atom. The molecular weight excluding hydrogens is 288 g/mol. The van der Waals surface area contributed by atoms with Gasteiger partial charge in [-0.15, -0.1) is 0 Å². The van der Waals surface area contributed by atoms with E-state index < -0.39 is 0 Å². The van der Waals surface area contributed by atoms with E-state index in [1.807, 2.05) is 38.4 Å². The van der Waals surface area contributed by atoms with Crippen molar-refractivity contribution in [3.8, 4) is 0 Å². The third kappa shape index (κ3) is 5.51. The molecule has 1 amide bonds. The Kier molecular flexibility index (Phi) is 6.32. The number of benzene rings is 2. The third-order valence-corrected chi connectivity index (χ3v) is 3.50. The predicted molar refractivity (Wildman–Crippen MR) is 92.2 cm³/mol. The number of rotatable bonds is 7. The fourth-order valence-corrected chi connectivity index (χ4v) is 2.33.